The molecule has 0 amide bonds. The van der Waals surface area contributed by atoms with Gasteiger partial charge in [0.2, 0.25) is 0 Å². The lowest BCUT2D eigenvalue weighted by atomic mass is 9.94. The molecule has 2 atom stereocenters. The van der Waals surface area contributed by atoms with Crippen LogP contribution in [-0.4, -0.2) is 44.7 Å². The summed E-state index contributed by atoms with van der Waals surface area (Å²) in [6, 6.07) is 0.304. The number of nitrogens with one attached hydrogen (secondary N) is 1. The fourth-order valence-corrected chi connectivity index (χ4v) is 3.73. The average Bonchev–Trinajstić information content (AvgIpc) is 2.26. The Bertz CT molecular complexity index is 351. The first kappa shape index (κ1) is 15.9. The fraction of sp³-hybridized carbons (Fsp3) is 1.00. The van der Waals surface area contributed by atoms with Crippen molar-refractivity contribution >= 4 is 9.84 Å². The lowest BCUT2D eigenvalue weighted by Gasteiger charge is -2.32. The molecule has 0 aromatic heterocycles. The Hall–Kier alpha value is -0.130. The van der Waals surface area contributed by atoms with Crippen molar-refractivity contribution in [3.05, 3.63) is 0 Å². The highest BCUT2D eigenvalue weighted by molar-refractivity contribution is 7.91. The molecule has 0 spiro atoms. The van der Waals surface area contributed by atoms with E-state index in [9.17, 15) is 8.42 Å². The molecular formula is C13H27NO3S. The molecule has 1 N–H and O–H groups in total. The number of rotatable bonds is 6. The smallest absolute Gasteiger partial charge is 0.150 e. The van der Waals surface area contributed by atoms with E-state index in [-0.39, 0.29) is 10.9 Å². The summed E-state index contributed by atoms with van der Waals surface area (Å²) in [5.41, 5.74) is -0.188. The Balaban J connectivity index is 2.44. The fourth-order valence-electron chi connectivity index (χ4n) is 2.55. The van der Waals surface area contributed by atoms with E-state index < -0.39 is 9.84 Å². The molecule has 0 heterocycles. The SMILES string of the molecule is CCOC(C)(C)CNC1CCCC(S(C)(=O)=O)C1. The number of sulfone groups is 1. The lowest BCUT2D eigenvalue weighted by molar-refractivity contribution is -0.0112. The molecule has 0 aliphatic heterocycles. The first-order valence-electron chi connectivity index (χ1n) is 6.81. The van der Waals surface area contributed by atoms with Crippen molar-refractivity contribution in [3.63, 3.8) is 0 Å². The van der Waals surface area contributed by atoms with Crippen LogP contribution in [0.4, 0.5) is 0 Å². The molecule has 1 aliphatic rings. The summed E-state index contributed by atoms with van der Waals surface area (Å²) in [7, 11) is -2.89. The lowest BCUT2D eigenvalue weighted by Crippen LogP contribution is -2.45. The van der Waals surface area contributed by atoms with E-state index in [1.54, 1.807) is 0 Å². The Labute approximate surface area is 111 Å². The number of hydrogen-bond donors (Lipinski definition) is 1. The van der Waals surface area contributed by atoms with Gasteiger partial charge in [-0.05, 0) is 40.0 Å². The Kier molecular flexibility index (Phi) is 5.62. The summed E-state index contributed by atoms with van der Waals surface area (Å²) < 4.78 is 28.8. The van der Waals surface area contributed by atoms with Gasteiger partial charge in [-0.1, -0.05) is 6.42 Å². The second kappa shape index (κ2) is 6.35. The molecule has 1 fully saturated rings. The van der Waals surface area contributed by atoms with Crippen LogP contribution in [0.3, 0.4) is 0 Å². The number of hydrogen-bond acceptors (Lipinski definition) is 4. The second-order valence-electron chi connectivity index (χ2n) is 5.89. The third-order valence-electron chi connectivity index (χ3n) is 3.58. The van der Waals surface area contributed by atoms with Gasteiger partial charge in [0.15, 0.2) is 0 Å². The Morgan fingerprint density at radius 2 is 2.00 bits per heavy atom. The van der Waals surface area contributed by atoms with Crippen LogP contribution in [0.5, 0.6) is 0 Å². The zero-order chi connectivity index (χ0) is 13.8. The largest absolute Gasteiger partial charge is 0.375 e. The van der Waals surface area contributed by atoms with Crippen LogP contribution in [0.2, 0.25) is 0 Å². The molecule has 1 rings (SSSR count). The predicted molar refractivity (Wildman–Crippen MR) is 74.6 cm³/mol. The van der Waals surface area contributed by atoms with Crippen molar-refractivity contribution in [1.29, 1.82) is 0 Å². The zero-order valence-electron chi connectivity index (χ0n) is 12.0. The molecule has 0 radical (unpaired) electrons. The van der Waals surface area contributed by atoms with E-state index in [4.69, 9.17) is 4.74 Å². The Morgan fingerprint density at radius 1 is 1.33 bits per heavy atom. The average molecular weight is 277 g/mol. The first-order valence-corrected chi connectivity index (χ1v) is 8.76. The van der Waals surface area contributed by atoms with Gasteiger partial charge in [0.1, 0.15) is 9.84 Å². The topological polar surface area (TPSA) is 55.4 Å². The highest BCUT2D eigenvalue weighted by Crippen LogP contribution is 2.24. The summed E-state index contributed by atoms with van der Waals surface area (Å²) in [5, 5.41) is 3.29. The van der Waals surface area contributed by atoms with Crippen LogP contribution in [0.15, 0.2) is 0 Å². The summed E-state index contributed by atoms with van der Waals surface area (Å²) in [4.78, 5) is 0. The number of ether oxygens (including phenoxy) is 1. The molecule has 0 saturated heterocycles. The van der Waals surface area contributed by atoms with Gasteiger partial charge in [-0.2, -0.15) is 0 Å². The van der Waals surface area contributed by atoms with E-state index in [0.717, 1.165) is 32.2 Å². The van der Waals surface area contributed by atoms with Crippen LogP contribution >= 0.6 is 0 Å². The van der Waals surface area contributed by atoms with Gasteiger partial charge in [0, 0.05) is 25.4 Å². The van der Waals surface area contributed by atoms with Gasteiger partial charge >= 0.3 is 0 Å². The van der Waals surface area contributed by atoms with Gasteiger partial charge in [0.05, 0.1) is 10.9 Å². The maximum Gasteiger partial charge on any atom is 0.150 e. The predicted octanol–water partition coefficient (Wildman–Crippen LogP) is 1.75. The standard InChI is InChI=1S/C13H27NO3S/c1-5-17-13(2,3)10-14-11-7-6-8-12(9-11)18(4,15)16/h11-12,14H,5-10H2,1-4H3. The van der Waals surface area contributed by atoms with Gasteiger partial charge < -0.3 is 10.1 Å². The summed E-state index contributed by atoms with van der Waals surface area (Å²) >= 11 is 0. The first-order chi connectivity index (χ1) is 8.24. The molecule has 1 saturated carbocycles. The third kappa shape index (κ3) is 5.24. The summed E-state index contributed by atoms with van der Waals surface area (Å²) in [6.07, 6.45) is 4.95. The molecule has 5 heteroatoms. The highest BCUT2D eigenvalue weighted by atomic mass is 32.2. The van der Waals surface area contributed by atoms with Crippen molar-refractivity contribution in [3.8, 4) is 0 Å². The molecule has 0 bridgehead atoms. The normalized spacial score (nSPS) is 26.2. The Morgan fingerprint density at radius 3 is 2.56 bits per heavy atom. The minimum Gasteiger partial charge on any atom is -0.375 e. The van der Waals surface area contributed by atoms with Gasteiger partial charge in [-0.15, -0.1) is 0 Å². The van der Waals surface area contributed by atoms with Crippen LogP contribution in [-0.2, 0) is 14.6 Å². The zero-order valence-corrected chi connectivity index (χ0v) is 12.8. The summed E-state index contributed by atoms with van der Waals surface area (Å²) in [6.45, 7) is 7.57. The minimum absolute atomic E-state index is 0.168. The van der Waals surface area contributed by atoms with Crippen molar-refractivity contribution < 1.29 is 13.2 Å². The van der Waals surface area contributed by atoms with E-state index in [2.05, 4.69) is 19.2 Å². The van der Waals surface area contributed by atoms with Crippen molar-refractivity contribution in [2.75, 3.05) is 19.4 Å². The van der Waals surface area contributed by atoms with Crippen molar-refractivity contribution in [1.82, 2.24) is 5.32 Å². The molecule has 0 aromatic carbocycles. The molecule has 0 aromatic rings. The molecular weight excluding hydrogens is 250 g/mol. The molecule has 1 aliphatic carbocycles. The van der Waals surface area contributed by atoms with Crippen LogP contribution in [0.25, 0.3) is 0 Å². The molecule has 4 nitrogen and oxygen atoms in total. The molecule has 108 valence electrons. The van der Waals surface area contributed by atoms with Crippen LogP contribution in [0, 0.1) is 0 Å². The summed E-state index contributed by atoms with van der Waals surface area (Å²) in [5.74, 6) is 0. The van der Waals surface area contributed by atoms with E-state index in [1.165, 1.54) is 6.26 Å². The third-order valence-corrected chi connectivity index (χ3v) is 5.22. The maximum absolute atomic E-state index is 11.6. The maximum atomic E-state index is 11.6. The van der Waals surface area contributed by atoms with E-state index in [1.807, 2.05) is 6.92 Å². The second-order valence-corrected chi connectivity index (χ2v) is 8.21. The van der Waals surface area contributed by atoms with Gasteiger partial charge in [-0.3, -0.25) is 0 Å². The van der Waals surface area contributed by atoms with Gasteiger partial charge in [-0.25, -0.2) is 8.42 Å². The van der Waals surface area contributed by atoms with Crippen molar-refractivity contribution in [2.45, 2.75) is 63.3 Å². The molecule has 18 heavy (non-hydrogen) atoms. The minimum atomic E-state index is -2.89. The molecule has 2 unspecified atom stereocenters. The quantitative estimate of drug-likeness (QED) is 0.803. The van der Waals surface area contributed by atoms with Crippen molar-refractivity contribution in [2.24, 2.45) is 0 Å². The highest BCUT2D eigenvalue weighted by Gasteiger charge is 2.29. The van der Waals surface area contributed by atoms with E-state index >= 15 is 0 Å². The van der Waals surface area contributed by atoms with Crippen LogP contribution in [0.1, 0.15) is 46.5 Å². The van der Waals surface area contributed by atoms with Crippen LogP contribution < -0.4 is 5.32 Å². The monoisotopic (exact) mass is 277 g/mol. The van der Waals surface area contributed by atoms with Gasteiger partial charge in [0.25, 0.3) is 0 Å². The van der Waals surface area contributed by atoms with E-state index in [0.29, 0.717) is 12.6 Å².